The monoisotopic (exact) mass is 1200 g/mol. The smallest absolute Gasteiger partial charge is 0.227 e. The molecule has 0 bridgehead atoms. The minimum absolute atomic E-state index is 0.0450. The third-order valence-electron chi connectivity index (χ3n) is 11.6. The zero-order chi connectivity index (χ0) is 60.7. The van der Waals surface area contributed by atoms with E-state index in [0.29, 0.717) is 152 Å². The molecule has 24 nitrogen and oxygen atoms in total. The van der Waals surface area contributed by atoms with E-state index in [9.17, 15) is 24.0 Å². The van der Waals surface area contributed by atoms with Gasteiger partial charge in [0.05, 0.1) is 190 Å². The van der Waals surface area contributed by atoms with Crippen LogP contribution in [-0.4, -0.2) is 240 Å². The Balaban J connectivity index is 1.20. The maximum absolute atomic E-state index is 13.4. The molecule has 0 unspecified atom stereocenters. The lowest BCUT2D eigenvalue weighted by Gasteiger charge is -2.26. The predicted octanol–water partition coefficient (Wildman–Crippen LogP) is 1.22. The number of rotatable bonds is 55. The molecule has 472 valence electrons. The normalized spacial score (nSPS) is 11.5. The molecule has 0 fully saturated rings. The molecule has 0 aliphatic carbocycles. The second kappa shape index (κ2) is 52.3. The molecule has 85 heavy (non-hydrogen) atoms. The summed E-state index contributed by atoms with van der Waals surface area (Å²) in [5.74, 6) is 10.0. The summed E-state index contributed by atoms with van der Waals surface area (Å²) >= 11 is 0. The van der Waals surface area contributed by atoms with Gasteiger partial charge in [0.1, 0.15) is 13.2 Å². The van der Waals surface area contributed by atoms with Crippen LogP contribution in [-0.2, 0) is 96.8 Å². The Kier molecular flexibility index (Phi) is 45.0. The van der Waals surface area contributed by atoms with Crippen LogP contribution in [0.1, 0.15) is 48.8 Å². The second-order valence-electron chi connectivity index (χ2n) is 18.3. The molecule has 0 aromatic heterocycles. The van der Waals surface area contributed by atoms with Crippen molar-refractivity contribution in [3.05, 3.63) is 65.2 Å². The largest absolute Gasteiger partial charge is 0.379 e. The Bertz CT molecular complexity index is 2210. The molecular formula is C61H89N5O19. The van der Waals surface area contributed by atoms with Crippen molar-refractivity contribution in [3.8, 4) is 36.5 Å². The molecule has 1 aliphatic heterocycles. The first-order valence-electron chi connectivity index (χ1n) is 28.8. The molecule has 1 aliphatic rings. The van der Waals surface area contributed by atoms with Gasteiger partial charge < -0.3 is 92.5 Å². The first kappa shape index (κ1) is 73.2. The van der Waals surface area contributed by atoms with Crippen molar-refractivity contribution in [1.29, 1.82) is 0 Å². The summed E-state index contributed by atoms with van der Waals surface area (Å²) < 4.78 is 76.7. The quantitative estimate of drug-likeness (QED) is 0.0536. The van der Waals surface area contributed by atoms with Gasteiger partial charge in [-0.15, -0.1) is 12.8 Å². The summed E-state index contributed by atoms with van der Waals surface area (Å²) in [6.07, 6.45) is 10.6. The molecule has 4 N–H and O–H groups in total. The molecule has 0 saturated carbocycles. The molecule has 24 heteroatoms. The molecule has 0 spiro atoms. The number of ether oxygens (including phenoxy) is 14. The average molecular weight is 1200 g/mol. The summed E-state index contributed by atoms with van der Waals surface area (Å²) in [7, 11) is 0. The van der Waals surface area contributed by atoms with E-state index in [1.165, 1.54) is 0 Å². The van der Waals surface area contributed by atoms with Crippen LogP contribution in [0.3, 0.4) is 0 Å². The Morgan fingerprint density at radius 3 is 1.22 bits per heavy atom. The van der Waals surface area contributed by atoms with Crippen molar-refractivity contribution in [1.82, 2.24) is 21.3 Å². The number of nitrogens with one attached hydrogen (secondary N) is 4. The molecule has 0 atom stereocenters. The fraction of sp³-hybridized carbons (Fsp3) is 0.623. The van der Waals surface area contributed by atoms with Gasteiger partial charge in [-0.2, -0.15) is 0 Å². The van der Waals surface area contributed by atoms with Gasteiger partial charge in [-0.25, -0.2) is 0 Å². The number of hydrogen-bond acceptors (Lipinski definition) is 19. The molecule has 0 saturated heterocycles. The number of nitrogens with zero attached hydrogens (tertiary/aromatic N) is 1. The van der Waals surface area contributed by atoms with Gasteiger partial charge in [0, 0.05) is 62.9 Å². The number of fused-ring (bicyclic) bond motifs is 2. The zero-order valence-electron chi connectivity index (χ0n) is 49.2. The Hall–Kier alpha value is -6.09. The zero-order valence-corrected chi connectivity index (χ0v) is 49.2. The van der Waals surface area contributed by atoms with Crippen LogP contribution in [0.5, 0.6) is 0 Å². The van der Waals surface area contributed by atoms with Crippen LogP contribution in [0.25, 0.3) is 0 Å². The topological polar surface area (TPSA) is 266 Å². The number of terminal acetylenes is 2. The number of anilines is 1. The molecular weight excluding hydrogens is 1110 g/mol. The van der Waals surface area contributed by atoms with Gasteiger partial charge in [0.15, 0.2) is 0 Å². The highest BCUT2D eigenvalue weighted by atomic mass is 16.6. The summed E-state index contributed by atoms with van der Waals surface area (Å²) in [4.78, 5) is 65.4. The van der Waals surface area contributed by atoms with Gasteiger partial charge in [0.25, 0.3) is 0 Å². The lowest BCUT2D eigenvalue weighted by molar-refractivity contribution is -0.126. The summed E-state index contributed by atoms with van der Waals surface area (Å²) in [6.45, 7) is 9.95. The maximum atomic E-state index is 13.4. The SMILES string of the molecule is C#CCOCCOCCOCCOCCNC(=O)CCOCC(COCCC(=O)NCCOCCOCCOCCOCC#C)NC(=O)CCOCCOCCOCCOCCNC(=O)CCC(=O)N1Cc2ccccc2C#Cc2ccccc21. The molecule has 3 rings (SSSR count). The second-order valence-corrected chi connectivity index (χ2v) is 18.3. The number of hydrogen-bond donors (Lipinski definition) is 4. The van der Waals surface area contributed by atoms with Crippen molar-refractivity contribution < 1.29 is 90.3 Å². The average Bonchev–Trinajstić information content (AvgIpc) is 3.38. The van der Waals surface area contributed by atoms with Gasteiger partial charge in [-0.05, 0) is 23.8 Å². The minimum Gasteiger partial charge on any atom is -0.379 e. The van der Waals surface area contributed by atoms with Gasteiger partial charge in [-0.3, -0.25) is 24.0 Å². The van der Waals surface area contributed by atoms with E-state index < -0.39 is 6.04 Å². The first-order chi connectivity index (χ1) is 41.8. The number of amides is 5. The van der Waals surface area contributed by atoms with Crippen molar-refractivity contribution >= 4 is 35.2 Å². The van der Waals surface area contributed by atoms with Crippen LogP contribution < -0.4 is 26.2 Å². The molecule has 0 radical (unpaired) electrons. The lowest BCUT2D eigenvalue weighted by Crippen LogP contribution is -2.42. The maximum Gasteiger partial charge on any atom is 0.227 e. The Labute approximate surface area is 501 Å². The summed E-state index contributed by atoms with van der Waals surface area (Å²) in [5.41, 5.74) is 3.31. The Morgan fingerprint density at radius 2 is 0.765 bits per heavy atom. The highest BCUT2D eigenvalue weighted by molar-refractivity contribution is 5.97. The van der Waals surface area contributed by atoms with Crippen molar-refractivity contribution in [3.63, 3.8) is 0 Å². The third kappa shape index (κ3) is 40.0. The standard InChI is InChI=1S/C61H89N5O19/c1-3-23-72-31-37-78-43-46-81-41-35-76-29-21-63-58(68)17-26-84-50-55(51-85-27-18-59(69)64-22-30-77-36-42-82-47-44-79-38-32-73-24-4-2)65-60(70)19-25-74-33-39-80-45-48-83-40-34-75-28-20-62-57(67)15-16-61(71)66-49-54-11-6-5-9-52(54)13-14-53-10-7-8-12-56(53)66/h1-2,5-12,55H,15-51H2,(H,62,67)(H,63,68)(H,64,69)(H,65,70). The van der Waals surface area contributed by atoms with E-state index in [1.807, 2.05) is 48.5 Å². The first-order valence-corrected chi connectivity index (χ1v) is 28.8. The van der Waals surface area contributed by atoms with Gasteiger partial charge in [0.2, 0.25) is 29.5 Å². The van der Waals surface area contributed by atoms with E-state index in [-0.39, 0.29) is 121 Å². The van der Waals surface area contributed by atoms with Crippen LogP contribution >= 0.6 is 0 Å². The van der Waals surface area contributed by atoms with Gasteiger partial charge >= 0.3 is 0 Å². The van der Waals surface area contributed by atoms with Crippen molar-refractivity contribution in [2.75, 3.05) is 210 Å². The predicted molar refractivity (Wildman–Crippen MR) is 313 cm³/mol. The van der Waals surface area contributed by atoms with Crippen LogP contribution in [0.4, 0.5) is 5.69 Å². The fourth-order valence-corrected chi connectivity index (χ4v) is 7.34. The molecule has 5 amide bonds. The van der Waals surface area contributed by atoms with Crippen LogP contribution in [0, 0.1) is 36.5 Å². The van der Waals surface area contributed by atoms with Crippen molar-refractivity contribution in [2.45, 2.75) is 44.7 Å². The number of carbonyl (C=O) groups excluding carboxylic acids is 5. The Morgan fingerprint density at radius 1 is 0.412 bits per heavy atom. The highest BCUT2D eigenvalue weighted by Gasteiger charge is 2.22. The minimum atomic E-state index is -0.567. The van der Waals surface area contributed by atoms with Crippen molar-refractivity contribution in [2.24, 2.45) is 0 Å². The third-order valence-corrected chi connectivity index (χ3v) is 11.6. The lowest BCUT2D eigenvalue weighted by atomic mass is 10.0. The number of para-hydroxylation sites is 1. The highest BCUT2D eigenvalue weighted by Crippen LogP contribution is 2.26. The fourth-order valence-electron chi connectivity index (χ4n) is 7.34. The van der Waals surface area contributed by atoms with E-state index in [1.54, 1.807) is 4.90 Å². The number of benzene rings is 2. The summed E-state index contributed by atoms with van der Waals surface area (Å²) in [6, 6.07) is 14.7. The number of carbonyl (C=O) groups is 5. The molecule has 1 heterocycles. The van der Waals surface area contributed by atoms with Gasteiger partial charge in [-0.1, -0.05) is 54.0 Å². The summed E-state index contributed by atoms with van der Waals surface area (Å²) in [5, 5.41) is 11.2. The van der Waals surface area contributed by atoms with Crippen LogP contribution in [0.15, 0.2) is 48.5 Å². The van der Waals surface area contributed by atoms with E-state index in [4.69, 9.17) is 79.2 Å². The van der Waals surface area contributed by atoms with E-state index in [2.05, 4.69) is 44.9 Å². The molecule has 2 aromatic carbocycles. The van der Waals surface area contributed by atoms with E-state index >= 15 is 0 Å². The van der Waals surface area contributed by atoms with Crippen LogP contribution in [0.2, 0.25) is 0 Å². The molecule has 2 aromatic rings. The van der Waals surface area contributed by atoms with E-state index in [0.717, 1.165) is 22.4 Å².